The third-order valence-corrected chi connectivity index (χ3v) is 6.04. The van der Waals surface area contributed by atoms with Gasteiger partial charge in [0.05, 0.1) is 6.54 Å². The SMILES string of the molecule is CCCCCCCSc1nc2c(c(=O)n(C)c(=O)n2C)n1Cc1ccccc1. The Labute approximate surface area is 169 Å². The highest BCUT2D eigenvalue weighted by Gasteiger charge is 2.19. The third kappa shape index (κ3) is 4.24. The van der Waals surface area contributed by atoms with Crippen molar-refractivity contribution in [3.63, 3.8) is 0 Å². The predicted octanol–water partition coefficient (Wildman–Crippen LogP) is 3.54. The maximum atomic E-state index is 12.9. The molecule has 0 N–H and O–H groups in total. The summed E-state index contributed by atoms with van der Waals surface area (Å²) >= 11 is 1.67. The molecule has 0 aliphatic carbocycles. The molecule has 0 unspecified atom stereocenters. The van der Waals surface area contributed by atoms with Crippen LogP contribution in [0.2, 0.25) is 0 Å². The monoisotopic (exact) mass is 400 g/mol. The lowest BCUT2D eigenvalue weighted by molar-refractivity contribution is 0.658. The molecule has 2 aromatic heterocycles. The summed E-state index contributed by atoms with van der Waals surface area (Å²) in [5, 5.41) is 0.799. The maximum absolute atomic E-state index is 12.9. The number of fused-ring (bicyclic) bond motifs is 1. The number of unbranched alkanes of at least 4 members (excludes halogenated alkanes) is 4. The van der Waals surface area contributed by atoms with Crippen molar-refractivity contribution in [2.45, 2.75) is 50.7 Å². The van der Waals surface area contributed by atoms with E-state index < -0.39 is 0 Å². The van der Waals surface area contributed by atoms with Crippen LogP contribution in [-0.4, -0.2) is 24.4 Å². The Bertz CT molecular complexity index is 1050. The molecule has 3 aromatic rings. The topological polar surface area (TPSA) is 61.8 Å². The van der Waals surface area contributed by atoms with Crippen LogP contribution in [0.3, 0.4) is 0 Å². The summed E-state index contributed by atoms with van der Waals surface area (Å²) in [5.74, 6) is 0.954. The van der Waals surface area contributed by atoms with Crippen LogP contribution in [0.4, 0.5) is 0 Å². The van der Waals surface area contributed by atoms with Crippen molar-refractivity contribution in [1.29, 1.82) is 0 Å². The van der Waals surface area contributed by atoms with Crippen LogP contribution < -0.4 is 11.2 Å². The van der Waals surface area contributed by atoms with E-state index in [0.717, 1.165) is 27.5 Å². The van der Waals surface area contributed by atoms with E-state index in [9.17, 15) is 9.59 Å². The van der Waals surface area contributed by atoms with E-state index in [0.29, 0.717) is 17.7 Å². The molecule has 0 amide bonds. The molecule has 0 fully saturated rings. The number of benzene rings is 1. The zero-order valence-electron chi connectivity index (χ0n) is 16.9. The molecule has 28 heavy (non-hydrogen) atoms. The fourth-order valence-corrected chi connectivity index (χ4v) is 4.31. The van der Waals surface area contributed by atoms with Crippen LogP contribution in [0.5, 0.6) is 0 Å². The van der Waals surface area contributed by atoms with Gasteiger partial charge in [-0.1, -0.05) is 74.7 Å². The van der Waals surface area contributed by atoms with E-state index in [1.54, 1.807) is 18.8 Å². The Morgan fingerprint density at radius 1 is 0.964 bits per heavy atom. The van der Waals surface area contributed by atoms with Crippen LogP contribution in [0.1, 0.15) is 44.6 Å². The lowest BCUT2D eigenvalue weighted by Gasteiger charge is -2.09. The first-order chi connectivity index (χ1) is 13.5. The zero-order chi connectivity index (χ0) is 20.1. The molecule has 0 spiro atoms. The molecular formula is C21H28N4O2S. The molecule has 0 bridgehead atoms. The summed E-state index contributed by atoms with van der Waals surface area (Å²) in [6.07, 6.45) is 6.09. The molecular weight excluding hydrogens is 372 g/mol. The van der Waals surface area contributed by atoms with E-state index >= 15 is 0 Å². The number of rotatable bonds is 9. The number of aromatic nitrogens is 4. The fourth-order valence-electron chi connectivity index (χ4n) is 3.32. The lowest BCUT2D eigenvalue weighted by atomic mass is 10.2. The van der Waals surface area contributed by atoms with Crippen molar-refractivity contribution in [2.75, 3.05) is 5.75 Å². The van der Waals surface area contributed by atoms with Gasteiger partial charge in [0.1, 0.15) is 0 Å². The second kappa shape index (κ2) is 9.28. The van der Waals surface area contributed by atoms with E-state index in [2.05, 4.69) is 11.9 Å². The molecule has 7 heteroatoms. The van der Waals surface area contributed by atoms with Crippen molar-refractivity contribution in [3.05, 3.63) is 56.7 Å². The standard InChI is InChI=1S/C21H28N4O2S/c1-4-5-6-7-11-14-28-20-22-18-17(19(26)24(3)21(27)23(18)2)25(20)15-16-12-9-8-10-13-16/h8-10,12-13H,4-7,11,14-15H2,1-3H3. The predicted molar refractivity (Wildman–Crippen MR) is 115 cm³/mol. The number of aryl methyl sites for hydroxylation is 1. The normalized spacial score (nSPS) is 11.4. The minimum Gasteiger partial charge on any atom is -0.309 e. The second-order valence-corrected chi connectivity index (χ2v) is 8.17. The molecule has 3 rings (SSSR count). The van der Waals surface area contributed by atoms with Gasteiger partial charge in [0, 0.05) is 19.8 Å². The molecule has 0 saturated carbocycles. The van der Waals surface area contributed by atoms with Gasteiger partial charge < -0.3 is 4.57 Å². The van der Waals surface area contributed by atoms with Crippen molar-refractivity contribution >= 4 is 22.9 Å². The first kappa shape index (κ1) is 20.5. The summed E-state index contributed by atoms with van der Waals surface area (Å²) in [7, 11) is 3.19. The molecule has 0 aliphatic rings. The van der Waals surface area contributed by atoms with Gasteiger partial charge in [0.15, 0.2) is 16.3 Å². The van der Waals surface area contributed by atoms with Gasteiger partial charge in [-0.25, -0.2) is 9.78 Å². The molecule has 150 valence electrons. The van der Waals surface area contributed by atoms with E-state index in [4.69, 9.17) is 0 Å². The van der Waals surface area contributed by atoms with Gasteiger partial charge >= 0.3 is 5.69 Å². The zero-order valence-corrected chi connectivity index (χ0v) is 17.7. The van der Waals surface area contributed by atoms with E-state index in [1.807, 2.05) is 34.9 Å². The highest BCUT2D eigenvalue weighted by atomic mass is 32.2. The minimum absolute atomic E-state index is 0.295. The number of imidazole rings is 1. The molecule has 0 aliphatic heterocycles. The Morgan fingerprint density at radius 3 is 2.39 bits per heavy atom. The Kier molecular flexibility index (Phi) is 6.78. The second-order valence-electron chi connectivity index (χ2n) is 7.11. The summed E-state index contributed by atoms with van der Waals surface area (Å²) in [6.45, 7) is 2.77. The van der Waals surface area contributed by atoms with Crippen LogP contribution in [0.25, 0.3) is 11.2 Å². The van der Waals surface area contributed by atoms with Crippen molar-refractivity contribution in [1.82, 2.24) is 18.7 Å². The third-order valence-electron chi connectivity index (χ3n) is 4.98. The van der Waals surface area contributed by atoms with Crippen LogP contribution in [0, 0.1) is 0 Å². The first-order valence-corrected chi connectivity index (χ1v) is 10.9. The molecule has 6 nitrogen and oxygen atoms in total. The summed E-state index contributed by atoms with van der Waals surface area (Å²) in [6, 6.07) is 10.0. The summed E-state index contributed by atoms with van der Waals surface area (Å²) < 4.78 is 4.58. The summed E-state index contributed by atoms with van der Waals surface area (Å²) in [4.78, 5) is 29.8. The van der Waals surface area contributed by atoms with Gasteiger partial charge in [-0.15, -0.1) is 0 Å². The van der Waals surface area contributed by atoms with Crippen LogP contribution in [0.15, 0.2) is 45.1 Å². The Balaban J connectivity index is 1.98. The highest BCUT2D eigenvalue weighted by Crippen LogP contribution is 2.24. The van der Waals surface area contributed by atoms with Crippen LogP contribution in [-0.2, 0) is 20.6 Å². The number of hydrogen-bond acceptors (Lipinski definition) is 4. The lowest BCUT2D eigenvalue weighted by Crippen LogP contribution is -2.37. The Hall–Kier alpha value is -2.28. The summed E-state index contributed by atoms with van der Waals surface area (Å²) in [5.41, 5.74) is 1.40. The first-order valence-electron chi connectivity index (χ1n) is 9.87. The van der Waals surface area contributed by atoms with Crippen molar-refractivity contribution in [3.8, 4) is 0 Å². The average molecular weight is 401 g/mol. The quantitative estimate of drug-likeness (QED) is 0.407. The highest BCUT2D eigenvalue weighted by molar-refractivity contribution is 7.99. The molecule has 2 heterocycles. The molecule has 0 atom stereocenters. The number of nitrogens with zero attached hydrogens (tertiary/aromatic N) is 4. The fraction of sp³-hybridized carbons (Fsp3) is 0.476. The van der Waals surface area contributed by atoms with E-state index in [1.165, 1.54) is 37.3 Å². The van der Waals surface area contributed by atoms with Crippen molar-refractivity contribution < 1.29 is 0 Å². The van der Waals surface area contributed by atoms with Gasteiger partial charge in [0.25, 0.3) is 5.56 Å². The average Bonchev–Trinajstić information content (AvgIpc) is 3.06. The Morgan fingerprint density at radius 2 is 1.68 bits per heavy atom. The smallest absolute Gasteiger partial charge is 0.309 e. The number of hydrogen-bond donors (Lipinski definition) is 0. The van der Waals surface area contributed by atoms with Gasteiger partial charge in [-0.05, 0) is 12.0 Å². The van der Waals surface area contributed by atoms with Gasteiger partial charge in [0.2, 0.25) is 0 Å². The van der Waals surface area contributed by atoms with Crippen LogP contribution >= 0.6 is 11.8 Å². The van der Waals surface area contributed by atoms with Gasteiger partial charge in [-0.3, -0.25) is 13.9 Å². The largest absolute Gasteiger partial charge is 0.332 e. The van der Waals surface area contributed by atoms with E-state index in [-0.39, 0.29) is 11.2 Å². The van der Waals surface area contributed by atoms with Crippen molar-refractivity contribution in [2.24, 2.45) is 14.1 Å². The maximum Gasteiger partial charge on any atom is 0.332 e. The molecule has 1 aromatic carbocycles. The number of thioether (sulfide) groups is 1. The van der Waals surface area contributed by atoms with Gasteiger partial charge in [-0.2, -0.15) is 0 Å². The molecule has 0 saturated heterocycles. The molecule has 0 radical (unpaired) electrons. The minimum atomic E-state index is -0.349.